The first-order valence-electron chi connectivity index (χ1n) is 6.60. The summed E-state index contributed by atoms with van der Waals surface area (Å²) in [6.07, 6.45) is -1.99. The summed E-state index contributed by atoms with van der Waals surface area (Å²) in [5, 5.41) is 5.69. The molecule has 6 heteroatoms. The average molecular weight is 286 g/mol. The van der Waals surface area contributed by atoms with E-state index in [1.165, 1.54) is 6.07 Å². The summed E-state index contributed by atoms with van der Waals surface area (Å²) in [6, 6.07) is 3.06. The van der Waals surface area contributed by atoms with Crippen molar-refractivity contribution >= 4 is 11.6 Å². The third-order valence-electron chi connectivity index (χ3n) is 3.43. The number of alkyl halides is 3. The van der Waals surface area contributed by atoms with E-state index >= 15 is 0 Å². The maximum atomic E-state index is 12.7. The van der Waals surface area contributed by atoms with Crippen LogP contribution in [0.15, 0.2) is 18.2 Å². The molecule has 1 atom stereocenters. The molecule has 0 aliphatic carbocycles. The summed E-state index contributed by atoms with van der Waals surface area (Å²) < 4.78 is 38.1. The molecule has 1 heterocycles. The van der Waals surface area contributed by atoms with Gasteiger partial charge in [-0.05, 0) is 43.9 Å². The number of hydrogen-bond donors (Lipinski definition) is 2. The lowest BCUT2D eigenvalue weighted by molar-refractivity contribution is -0.137. The fraction of sp³-hybridized carbons (Fsp3) is 0.500. The van der Waals surface area contributed by atoms with Crippen LogP contribution in [0.1, 0.15) is 30.4 Å². The van der Waals surface area contributed by atoms with Crippen molar-refractivity contribution in [2.75, 3.05) is 11.9 Å². The van der Waals surface area contributed by atoms with Crippen molar-refractivity contribution in [2.24, 2.45) is 0 Å². The second kappa shape index (κ2) is 5.73. The Hall–Kier alpha value is -1.72. The minimum atomic E-state index is -4.38. The Morgan fingerprint density at radius 1 is 1.30 bits per heavy atom. The van der Waals surface area contributed by atoms with E-state index in [2.05, 4.69) is 10.6 Å². The molecule has 0 saturated carbocycles. The zero-order valence-corrected chi connectivity index (χ0v) is 11.2. The number of nitrogens with one attached hydrogen (secondary N) is 2. The molecule has 1 aliphatic rings. The van der Waals surface area contributed by atoms with Gasteiger partial charge in [-0.1, -0.05) is 6.07 Å². The highest BCUT2D eigenvalue weighted by molar-refractivity contribution is 5.85. The molecule has 0 radical (unpaired) electrons. The van der Waals surface area contributed by atoms with Gasteiger partial charge >= 0.3 is 6.18 Å². The van der Waals surface area contributed by atoms with Crippen LogP contribution in [0.2, 0.25) is 0 Å². The van der Waals surface area contributed by atoms with Gasteiger partial charge in [-0.25, -0.2) is 0 Å². The highest BCUT2D eigenvalue weighted by Gasteiger charge is 2.31. The van der Waals surface area contributed by atoms with Gasteiger partial charge in [0.25, 0.3) is 0 Å². The lowest BCUT2D eigenvalue weighted by Gasteiger charge is -2.19. The molecule has 1 fully saturated rings. The number of benzene rings is 1. The summed E-state index contributed by atoms with van der Waals surface area (Å²) in [7, 11) is 0. The number of hydrogen-bond acceptors (Lipinski definition) is 2. The van der Waals surface area contributed by atoms with Crippen LogP contribution in [-0.4, -0.2) is 18.5 Å². The molecular weight excluding hydrogens is 269 g/mol. The Morgan fingerprint density at radius 2 is 2.05 bits per heavy atom. The molecule has 1 unspecified atom stereocenters. The van der Waals surface area contributed by atoms with Crippen molar-refractivity contribution in [1.82, 2.24) is 5.32 Å². The van der Waals surface area contributed by atoms with Crippen LogP contribution >= 0.6 is 0 Å². The largest absolute Gasteiger partial charge is 0.416 e. The van der Waals surface area contributed by atoms with Crippen LogP contribution in [0, 0.1) is 6.92 Å². The maximum absolute atomic E-state index is 12.7. The van der Waals surface area contributed by atoms with Gasteiger partial charge in [0.1, 0.15) is 6.04 Å². The molecule has 110 valence electrons. The van der Waals surface area contributed by atoms with Crippen molar-refractivity contribution in [2.45, 2.75) is 38.4 Å². The summed E-state index contributed by atoms with van der Waals surface area (Å²) in [6.45, 7) is 2.34. The van der Waals surface area contributed by atoms with Gasteiger partial charge in [-0.2, -0.15) is 13.2 Å². The maximum Gasteiger partial charge on any atom is 0.416 e. The quantitative estimate of drug-likeness (QED) is 0.877. The Kier molecular flexibility index (Phi) is 4.20. The van der Waals surface area contributed by atoms with Crippen LogP contribution < -0.4 is 10.6 Å². The van der Waals surface area contributed by atoms with E-state index in [-0.39, 0.29) is 5.91 Å². The van der Waals surface area contributed by atoms with Gasteiger partial charge in [-0.3, -0.25) is 4.79 Å². The van der Waals surface area contributed by atoms with Gasteiger partial charge in [0.15, 0.2) is 0 Å². The molecule has 1 aromatic rings. The van der Waals surface area contributed by atoms with Gasteiger partial charge in [0, 0.05) is 12.2 Å². The fourth-order valence-corrected chi connectivity index (χ4v) is 2.22. The van der Waals surface area contributed by atoms with Gasteiger partial charge < -0.3 is 10.6 Å². The van der Waals surface area contributed by atoms with Crippen molar-refractivity contribution in [1.29, 1.82) is 0 Å². The molecule has 20 heavy (non-hydrogen) atoms. The molecule has 1 aromatic carbocycles. The van der Waals surface area contributed by atoms with Crippen LogP contribution in [-0.2, 0) is 11.0 Å². The van der Waals surface area contributed by atoms with Crippen LogP contribution in [0.25, 0.3) is 0 Å². The first kappa shape index (κ1) is 14.7. The topological polar surface area (TPSA) is 41.1 Å². The molecule has 3 nitrogen and oxygen atoms in total. The standard InChI is InChI=1S/C14H17F3N2O/c1-9-5-6-10(14(15,16)17)8-12(9)19-11-4-2-3-7-18-13(11)20/h5-6,8,11,19H,2-4,7H2,1H3,(H,18,20). The summed E-state index contributed by atoms with van der Waals surface area (Å²) in [4.78, 5) is 11.8. The van der Waals surface area contributed by atoms with E-state index in [0.29, 0.717) is 24.2 Å². The Labute approximate surface area is 115 Å². The fourth-order valence-electron chi connectivity index (χ4n) is 2.22. The molecule has 2 rings (SSSR count). The Bertz CT molecular complexity index is 500. The molecular formula is C14H17F3N2O. The van der Waals surface area contributed by atoms with Crippen LogP contribution in [0.4, 0.5) is 18.9 Å². The second-order valence-electron chi connectivity index (χ2n) is 5.01. The zero-order valence-electron chi connectivity index (χ0n) is 11.2. The predicted octanol–water partition coefficient (Wildman–Crippen LogP) is 3.09. The number of amides is 1. The smallest absolute Gasteiger partial charge is 0.373 e. The van der Waals surface area contributed by atoms with E-state index < -0.39 is 17.8 Å². The van der Waals surface area contributed by atoms with E-state index in [1.54, 1.807) is 6.92 Å². The molecule has 1 aliphatic heterocycles. The zero-order chi connectivity index (χ0) is 14.8. The van der Waals surface area contributed by atoms with Gasteiger partial charge in [-0.15, -0.1) is 0 Å². The Morgan fingerprint density at radius 3 is 2.75 bits per heavy atom. The summed E-state index contributed by atoms with van der Waals surface area (Å²) in [5.41, 5.74) is 0.344. The molecule has 0 aromatic heterocycles. The summed E-state index contributed by atoms with van der Waals surface area (Å²) >= 11 is 0. The van der Waals surface area contributed by atoms with Gasteiger partial charge in [0.05, 0.1) is 5.56 Å². The molecule has 1 amide bonds. The number of anilines is 1. The van der Waals surface area contributed by atoms with Crippen molar-refractivity contribution in [3.8, 4) is 0 Å². The first-order valence-corrected chi connectivity index (χ1v) is 6.60. The molecule has 2 N–H and O–H groups in total. The van der Waals surface area contributed by atoms with E-state index in [0.717, 1.165) is 25.0 Å². The molecule has 1 saturated heterocycles. The summed E-state index contributed by atoms with van der Waals surface area (Å²) in [5.74, 6) is -0.153. The number of rotatable bonds is 2. The lowest BCUT2D eigenvalue weighted by atomic mass is 10.1. The van der Waals surface area contributed by atoms with Crippen molar-refractivity contribution in [3.63, 3.8) is 0 Å². The third-order valence-corrected chi connectivity index (χ3v) is 3.43. The minimum Gasteiger partial charge on any atom is -0.373 e. The van der Waals surface area contributed by atoms with Crippen molar-refractivity contribution in [3.05, 3.63) is 29.3 Å². The van der Waals surface area contributed by atoms with E-state index in [4.69, 9.17) is 0 Å². The van der Waals surface area contributed by atoms with Crippen LogP contribution in [0.3, 0.4) is 0 Å². The highest BCUT2D eigenvalue weighted by Crippen LogP contribution is 2.32. The average Bonchev–Trinajstić information content (AvgIpc) is 2.56. The first-order chi connectivity index (χ1) is 9.38. The lowest BCUT2D eigenvalue weighted by Crippen LogP contribution is -2.38. The molecule has 0 bridgehead atoms. The van der Waals surface area contributed by atoms with E-state index in [9.17, 15) is 18.0 Å². The monoisotopic (exact) mass is 286 g/mol. The highest BCUT2D eigenvalue weighted by atomic mass is 19.4. The van der Waals surface area contributed by atoms with Crippen LogP contribution in [0.5, 0.6) is 0 Å². The minimum absolute atomic E-state index is 0.153. The second-order valence-corrected chi connectivity index (χ2v) is 5.01. The van der Waals surface area contributed by atoms with E-state index in [1.807, 2.05) is 0 Å². The number of carbonyl (C=O) groups is 1. The molecule has 0 spiro atoms. The normalized spacial score (nSPS) is 20.2. The number of aryl methyl sites for hydroxylation is 1. The SMILES string of the molecule is Cc1ccc(C(F)(F)F)cc1NC1CCCCNC1=O. The predicted molar refractivity (Wildman–Crippen MR) is 70.5 cm³/mol. The number of halogens is 3. The van der Waals surface area contributed by atoms with Crippen molar-refractivity contribution < 1.29 is 18.0 Å². The number of carbonyl (C=O) groups excluding carboxylic acids is 1. The van der Waals surface area contributed by atoms with Gasteiger partial charge in [0.2, 0.25) is 5.91 Å². The Balaban J connectivity index is 2.21. The third kappa shape index (κ3) is 3.43.